The predicted octanol–water partition coefficient (Wildman–Crippen LogP) is 3.20. The van der Waals surface area contributed by atoms with Crippen molar-refractivity contribution in [2.75, 3.05) is 31.1 Å². The van der Waals surface area contributed by atoms with Crippen molar-refractivity contribution < 1.29 is 23.5 Å². The van der Waals surface area contributed by atoms with Gasteiger partial charge >= 0.3 is 6.09 Å². The van der Waals surface area contributed by atoms with Gasteiger partial charge in [-0.25, -0.2) is 19.2 Å². The van der Waals surface area contributed by atoms with Crippen LogP contribution in [0.25, 0.3) is 0 Å². The number of nitrogens with two attached hydrogens (primary N) is 1. The highest BCUT2D eigenvalue weighted by atomic mass is 19.1. The first-order valence-electron chi connectivity index (χ1n) is 10.4. The van der Waals surface area contributed by atoms with Crippen molar-refractivity contribution in [1.29, 1.82) is 0 Å². The number of hydrogen-bond donors (Lipinski definition) is 1. The lowest BCUT2D eigenvalue weighted by Crippen LogP contribution is -2.57. The maximum Gasteiger partial charge on any atom is 0.404 e. The SMILES string of the molecule is CCN(C(=O)c1cc(F)ccc1Oc1cncnc1N1CC(C)(COC(N)=O)C1)C(C)C. The van der Waals surface area contributed by atoms with Gasteiger partial charge in [-0.2, -0.15) is 0 Å². The second-order valence-corrected chi connectivity index (χ2v) is 8.41. The lowest BCUT2D eigenvalue weighted by molar-refractivity contribution is 0.0713. The number of hydrogen-bond acceptors (Lipinski definition) is 7. The molecule has 3 rings (SSSR count). The van der Waals surface area contributed by atoms with Gasteiger partial charge in [-0.05, 0) is 39.0 Å². The van der Waals surface area contributed by atoms with Crippen LogP contribution in [0, 0.1) is 11.2 Å². The van der Waals surface area contributed by atoms with E-state index in [-0.39, 0.29) is 35.3 Å². The van der Waals surface area contributed by atoms with Gasteiger partial charge in [-0.15, -0.1) is 0 Å². The van der Waals surface area contributed by atoms with Gasteiger partial charge in [0.05, 0.1) is 11.8 Å². The summed E-state index contributed by atoms with van der Waals surface area (Å²) in [6.45, 7) is 9.41. The van der Waals surface area contributed by atoms with E-state index < -0.39 is 11.9 Å². The average molecular weight is 445 g/mol. The molecular formula is C22H28FN5O4. The molecule has 0 bridgehead atoms. The van der Waals surface area contributed by atoms with E-state index >= 15 is 0 Å². The van der Waals surface area contributed by atoms with Crippen LogP contribution in [0.1, 0.15) is 38.1 Å². The van der Waals surface area contributed by atoms with Crippen LogP contribution in [0.3, 0.4) is 0 Å². The fourth-order valence-electron chi connectivity index (χ4n) is 3.76. The Bertz CT molecular complexity index is 994. The molecule has 0 radical (unpaired) electrons. The van der Waals surface area contributed by atoms with Crippen LogP contribution in [-0.2, 0) is 4.74 Å². The molecule has 2 N–H and O–H groups in total. The number of aromatic nitrogens is 2. The molecule has 9 nitrogen and oxygen atoms in total. The first-order valence-corrected chi connectivity index (χ1v) is 10.4. The Morgan fingerprint density at radius 3 is 2.66 bits per heavy atom. The van der Waals surface area contributed by atoms with Gasteiger partial charge in [0.25, 0.3) is 5.91 Å². The van der Waals surface area contributed by atoms with Crippen molar-refractivity contribution in [3.63, 3.8) is 0 Å². The van der Waals surface area contributed by atoms with Gasteiger partial charge in [0.2, 0.25) is 0 Å². The van der Waals surface area contributed by atoms with Crippen LogP contribution >= 0.6 is 0 Å². The van der Waals surface area contributed by atoms with E-state index in [0.717, 1.165) is 0 Å². The molecule has 1 saturated heterocycles. The van der Waals surface area contributed by atoms with E-state index in [1.54, 1.807) is 4.90 Å². The number of carbonyl (C=O) groups is 2. The zero-order chi connectivity index (χ0) is 23.5. The number of halogens is 1. The Morgan fingerprint density at radius 2 is 2.03 bits per heavy atom. The normalized spacial score (nSPS) is 14.6. The van der Waals surface area contributed by atoms with Crippen molar-refractivity contribution in [1.82, 2.24) is 14.9 Å². The Labute approximate surface area is 186 Å². The molecule has 0 saturated carbocycles. The molecule has 1 aromatic heterocycles. The molecule has 1 fully saturated rings. The third-order valence-electron chi connectivity index (χ3n) is 5.28. The highest BCUT2D eigenvalue weighted by Crippen LogP contribution is 2.39. The molecule has 2 heterocycles. The lowest BCUT2D eigenvalue weighted by atomic mass is 9.83. The van der Waals surface area contributed by atoms with Gasteiger partial charge in [0.1, 0.15) is 24.5 Å². The highest BCUT2D eigenvalue weighted by Gasteiger charge is 2.41. The number of amides is 2. The van der Waals surface area contributed by atoms with Gasteiger partial charge in [-0.1, -0.05) is 6.92 Å². The van der Waals surface area contributed by atoms with Gasteiger partial charge < -0.3 is 25.0 Å². The molecule has 1 aliphatic heterocycles. The number of nitrogens with zero attached hydrogens (tertiary/aromatic N) is 4. The second kappa shape index (κ2) is 9.37. The van der Waals surface area contributed by atoms with Crippen LogP contribution in [0.4, 0.5) is 15.0 Å². The summed E-state index contributed by atoms with van der Waals surface area (Å²) in [5, 5.41) is 0. The van der Waals surface area contributed by atoms with Crippen molar-refractivity contribution in [2.24, 2.45) is 11.1 Å². The molecule has 2 amide bonds. The number of ether oxygens (including phenoxy) is 2. The van der Waals surface area contributed by atoms with Gasteiger partial charge in [0, 0.05) is 31.1 Å². The van der Waals surface area contributed by atoms with Crippen LogP contribution in [0.2, 0.25) is 0 Å². The number of anilines is 1. The number of carbonyl (C=O) groups excluding carboxylic acids is 2. The Balaban J connectivity index is 1.84. The molecule has 2 aromatic rings. The lowest BCUT2D eigenvalue weighted by Gasteiger charge is -2.48. The third-order valence-corrected chi connectivity index (χ3v) is 5.28. The Kier molecular flexibility index (Phi) is 6.81. The first-order chi connectivity index (χ1) is 15.1. The topological polar surface area (TPSA) is 111 Å². The molecule has 0 spiro atoms. The zero-order valence-electron chi connectivity index (χ0n) is 18.7. The Morgan fingerprint density at radius 1 is 1.31 bits per heavy atom. The average Bonchev–Trinajstić information content (AvgIpc) is 2.72. The summed E-state index contributed by atoms with van der Waals surface area (Å²) in [6, 6.07) is 3.78. The molecule has 0 unspecified atom stereocenters. The van der Waals surface area contributed by atoms with Crippen molar-refractivity contribution in [3.8, 4) is 11.5 Å². The molecule has 1 aliphatic rings. The maximum absolute atomic E-state index is 14.0. The smallest absolute Gasteiger partial charge is 0.404 e. The van der Waals surface area contributed by atoms with Crippen LogP contribution < -0.4 is 15.4 Å². The molecule has 0 atom stereocenters. The summed E-state index contributed by atoms with van der Waals surface area (Å²) < 4.78 is 25.0. The summed E-state index contributed by atoms with van der Waals surface area (Å²) in [6.07, 6.45) is 2.08. The summed E-state index contributed by atoms with van der Waals surface area (Å²) in [5.74, 6) is 0.217. The fourth-order valence-corrected chi connectivity index (χ4v) is 3.76. The van der Waals surface area contributed by atoms with Crippen molar-refractivity contribution >= 4 is 17.8 Å². The number of benzene rings is 1. The largest absolute Gasteiger partial charge is 0.451 e. The predicted molar refractivity (Wildman–Crippen MR) is 116 cm³/mol. The molecule has 172 valence electrons. The Hall–Kier alpha value is -3.43. The van der Waals surface area contributed by atoms with Gasteiger partial charge in [-0.3, -0.25) is 4.79 Å². The minimum atomic E-state index is -0.813. The maximum atomic E-state index is 14.0. The van der Waals surface area contributed by atoms with E-state index in [4.69, 9.17) is 15.2 Å². The van der Waals surface area contributed by atoms with Crippen LogP contribution in [-0.4, -0.2) is 59.2 Å². The van der Waals surface area contributed by atoms with E-state index in [9.17, 15) is 14.0 Å². The van der Waals surface area contributed by atoms with Crippen molar-refractivity contribution in [2.45, 2.75) is 33.7 Å². The minimum Gasteiger partial charge on any atom is -0.451 e. The highest BCUT2D eigenvalue weighted by molar-refractivity contribution is 5.97. The van der Waals surface area contributed by atoms with Gasteiger partial charge in [0.15, 0.2) is 11.6 Å². The summed E-state index contributed by atoms with van der Waals surface area (Å²) >= 11 is 0. The number of rotatable bonds is 8. The van der Waals surface area contributed by atoms with E-state index in [1.165, 1.54) is 30.7 Å². The summed E-state index contributed by atoms with van der Waals surface area (Å²) in [5.41, 5.74) is 4.91. The molecule has 1 aromatic carbocycles. The van der Waals surface area contributed by atoms with E-state index in [1.807, 2.05) is 32.6 Å². The monoisotopic (exact) mass is 445 g/mol. The van der Waals surface area contributed by atoms with E-state index in [0.29, 0.717) is 31.2 Å². The van der Waals surface area contributed by atoms with E-state index in [2.05, 4.69) is 9.97 Å². The molecule has 32 heavy (non-hydrogen) atoms. The minimum absolute atomic E-state index is 0.0550. The fraction of sp³-hybridized carbons (Fsp3) is 0.455. The quantitative estimate of drug-likeness (QED) is 0.664. The van der Waals surface area contributed by atoms with Crippen LogP contribution in [0.15, 0.2) is 30.7 Å². The van der Waals surface area contributed by atoms with Crippen LogP contribution in [0.5, 0.6) is 11.5 Å². The standard InChI is InChI=1S/C22H28FN5O4/c1-5-28(14(2)3)20(29)16-8-15(23)6-7-17(16)32-18-9-25-13-26-19(18)27-10-22(4,11-27)12-31-21(24)30/h6-9,13-14H,5,10-12H2,1-4H3,(H2,24,30). The summed E-state index contributed by atoms with van der Waals surface area (Å²) in [4.78, 5) is 35.9. The number of primary amides is 1. The summed E-state index contributed by atoms with van der Waals surface area (Å²) in [7, 11) is 0. The van der Waals surface area contributed by atoms with Crippen molar-refractivity contribution in [3.05, 3.63) is 42.1 Å². The third kappa shape index (κ3) is 5.06. The second-order valence-electron chi connectivity index (χ2n) is 8.41. The zero-order valence-corrected chi connectivity index (χ0v) is 18.7. The molecular weight excluding hydrogens is 417 g/mol. The molecule has 0 aliphatic carbocycles. The molecule has 10 heteroatoms. The first kappa shape index (κ1) is 23.2.